The standard InChI is InChI=1S/C23H24ClN5O3/c1-15-2-4-16(5-3-15)22-27-18(14-32-22)8-9-26-23(31)28-17-6-7-20(19(24)12-17)29-11-10-25-21(30)13-29/h2-7,12,14H,8-11,13H2,1H3,(H,25,30)(H2,26,28,31). The summed E-state index contributed by atoms with van der Waals surface area (Å²) in [5.41, 5.74) is 4.19. The minimum absolute atomic E-state index is 0.0352. The van der Waals surface area contributed by atoms with Crippen molar-refractivity contribution in [3.05, 3.63) is 65.0 Å². The summed E-state index contributed by atoms with van der Waals surface area (Å²) in [6.45, 7) is 3.96. The maximum Gasteiger partial charge on any atom is 0.319 e. The van der Waals surface area contributed by atoms with E-state index in [9.17, 15) is 9.59 Å². The number of anilines is 2. The first kappa shape index (κ1) is 21.7. The van der Waals surface area contributed by atoms with Gasteiger partial charge in [-0.2, -0.15) is 0 Å². The molecule has 0 saturated carbocycles. The molecule has 1 aliphatic rings. The zero-order valence-electron chi connectivity index (χ0n) is 17.7. The van der Waals surface area contributed by atoms with Crippen LogP contribution in [0.3, 0.4) is 0 Å². The molecule has 2 aromatic carbocycles. The lowest BCUT2D eigenvalue weighted by atomic mass is 10.1. The van der Waals surface area contributed by atoms with Crippen molar-refractivity contribution in [2.24, 2.45) is 0 Å². The molecule has 2 heterocycles. The van der Waals surface area contributed by atoms with Crippen molar-refractivity contribution < 1.29 is 14.0 Å². The molecule has 1 aromatic heterocycles. The largest absolute Gasteiger partial charge is 0.444 e. The van der Waals surface area contributed by atoms with Gasteiger partial charge in [0.1, 0.15) is 6.26 Å². The van der Waals surface area contributed by atoms with Crippen molar-refractivity contribution in [2.75, 3.05) is 36.4 Å². The van der Waals surface area contributed by atoms with E-state index >= 15 is 0 Å². The number of rotatable bonds is 6. The van der Waals surface area contributed by atoms with Crippen LogP contribution in [0, 0.1) is 6.92 Å². The van der Waals surface area contributed by atoms with Crippen molar-refractivity contribution in [3.63, 3.8) is 0 Å². The Hall–Kier alpha value is -3.52. The van der Waals surface area contributed by atoms with Crippen molar-refractivity contribution in [2.45, 2.75) is 13.3 Å². The minimum Gasteiger partial charge on any atom is -0.444 e. The van der Waals surface area contributed by atoms with Crippen LogP contribution in [0.15, 0.2) is 53.1 Å². The minimum atomic E-state index is -0.339. The molecule has 0 spiro atoms. The van der Waals surface area contributed by atoms with E-state index in [1.807, 2.05) is 36.1 Å². The topological polar surface area (TPSA) is 99.5 Å². The van der Waals surface area contributed by atoms with E-state index in [1.165, 1.54) is 5.56 Å². The summed E-state index contributed by atoms with van der Waals surface area (Å²) in [6.07, 6.45) is 2.15. The van der Waals surface area contributed by atoms with Gasteiger partial charge >= 0.3 is 6.03 Å². The molecule has 166 valence electrons. The van der Waals surface area contributed by atoms with Crippen molar-refractivity contribution in [1.29, 1.82) is 0 Å². The number of carbonyl (C=O) groups excluding carboxylic acids is 2. The van der Waals surface area contributed by atoms with Gasteiger partial charge in [0, 0.05) is 37.3 Å². The maximum absolute atomic E-state index is 12.2. The Morgan fingerprint density at radius 2 is 2.06 bits per heavy atom. The molecule has 8 nitrogen and oxygen atoms in total. The van der Waals surface area contributed by atoms with E-state index in [1.54, 1.807) is 24.5 Å². The lowest BCUT2D eigenvalue weighted by Crippen LogP contribution is -2.47. The quantitative estimate of drug-likeness (QED) is 0.529. The summed E-state index contributed by atoms with van der Waals surface area (Å²) >= 11 is 6.38. The Bertz CT molecular complexity index is 1110. The molecule has 0 bridgehead atoms. The third-order valence-corrected chi connectivity index (χ3v) is 5.40. The maximum atomic E-state index is 12.2. The number of halogens is 1. The van der Waals surface area contributed by atoms with Gasteiger partial charge in [0.05, 0.1) is 22.9 Å². The van der Waals surface area contributed by atoms with Crippen LogP contribution in [0.2, 0.25) is 5.02 Å². The molecule has 9 heteroatoms. The number of carbonyl (C=O) groups is 2. The average molecular weight is 454 g/mol. The molecule has 0 radical (unpaired) electrons. The fourth-order valence-electron chi connectivity index (χ4n) is 3.42. The van der Waals surface area contributed by atoms with Gasteiger partial charge in [-0.3, -0.25) is 4.79 Å². The Morgan fingerprint density at radius 3 is 2.81 bits per heavy atom. The van der Waals surface area contributed by atoms with E-state index in [-0.39, 0.29) is 18.5 Å². The summed E-state index contributed by atoms with van der Waals surface area (Å²) < 4.78 is 5.54. The predicted octanol–water partition coefficient (Wildman–Crippen LogP) is 3.60. The monoisotopic (exact) mass is 453 g/mol. The number of piperazine rings is 1. The molecule has 3 amide bonds. The number of hydrogen-bond donors (Lipinski definition) is 3. The van der Waals surface area contributed by atoms with Gasteiger partial charge in [0.15, 0.2) is 0 Å². The third-order valence-electron chi connectivity index (χ3n) is 5.10. The smallest absolute Gasteiger partial charge is 0.319 e. The number of amides is 3. The fraction of sp³-hybridized carbons (Fsp3) is 0.261. The molecule has 1 saturated heterocycles. The van der Waals surface area contributed by atoms with Crippen LogP contribution in [0.1, 0.15) is 11.3 Å². The second-order valence-electron chi connectivity index (χ2n) is 7.58. The zero-order valence-corrected chi connectivity index (χ0v) is 18.4. The normalized spacial score (nSPS) is 13.6. The number of oxazole rings is 1. The number of benzene rings is 2. The zero-order chi connectivity index (χ0) is 22.5. The van der Waals surface area contributed by atoms with Crippen LogP contribution < -0.4 is 20.9 Å². The van der Waals surface area contributed by atoms with Gasteiger partial charge in [-0.15, -0.1) is 0 Å². The molecule has 0 aliphatic carbocycles. The van der Waals surface area contributed by atoms with Crippen LogP contribution in [-0.2, 0) is 11.2 Å². The van der Waals surface area contributed by atoms with E-state index in [2.05, 4.69) is 20.9 Å². The number of aromatic nitrogens is 1. The Balaban J connectivity index is 1.27. The van der Waals surface area contributed by atoms with Crippen LogP contribution in [-0.4, -0.2) is 43.1 Å². The third kappa shape index (κ3) is 5.39. The lowest BCUT2D eigenvalue weighted by Gasteiger charge is -2.29. The molecule has 0 atom stereocenters. The first-order chi connectivity index (χ1) is 15.5. The van der Waals surface area contributed by atoms with Gasteiger partial charge in [-0.1, -0.05) is 29.3 Å². The molecular weight excluding hydrogens is 430 g/mol. The number of nitrogens with one attached hydrogen (secondary N) is 3. The summed E-state index contributed by atoms with van der Waals surface area (Å²) in [6, 6.07) is 12.8. The van der Waals surface area contributed by atoms with E-state index in [0.717, 1.165) is 16.9 Å². The van der Waals surface area contributed by atoms with Crippen molar-refractivity contribution in [3.8, 4) is 11.5 Å². The molecule has 3 N–H and O–H groups in total. The fourth-order valence-corrected chi connectivity index (χ4v) is 3.72. The molecule has 32 heavy (non-hydrogen) atoms. The molecule has 3 aromatic rings. The first-order valence-electron chi connectivity index (χ1n) is 10.4. The highest BCUT2D eigenvalue weighted by Crippen LogP contribution is 2.29. The average Bonchev–Trinajstić information content (AvgIpc) is 3.23. The molecule has 1 fully saturated rings. The molecule has 1 aliphatic heterocycles. The molecule has 0 unspecified atom stereocenters. The Kier molecular flexibility index (Phi) is 6.61. The number of hydrogen-bond acceptors (Lipinski definition) is 5. The molecular formula is C23H24ClN5O3. The van der Waals surface area contributed by atoms with E-state index < -0.39 is 0 Å². The number of nitrogens with zero attached hydrogens (tertiary/aromatic N) is 2. The number of aryl methyl sites for hydroxylation is 1. The lowest BCUT2D eigenvalue weighted by molar-refractivity contribution is -0.120. The van der Waals surface area contributed by atoms with Crippen LogP contribution in [0.25, 0.3) is 11.5 Å². The SMILES string of the molecule is Cc1ccc(-c2nc(CCNC(=O)Nc3ccc(N4CCNC(=O)C4)c(Cl)c3)co2)cc1. The summed E-state index contributed by atoms with van der Waals surface area (Å²) in [7, 11) is 0. The summed E-state index contributed by atoms with van der Waals surface area (Å²) in [5.74, 6) is 0.525. The highest BCUT2D eigenvalue weighted by molar-refractivity contribution is 6.33. The highest BCUT2D eigenvalue weighted by Gasteiger charge is 2.19. The first-order valence-corrected chi connectivity index (χ1v) is 10.7. The van der Waals surface area contributed by atoms with Crippen LogP contribution >= 0.6 is 11.6 Å². The van der Waals surface area contributed by atoms with Gasteiger partial charge in [-0.25, -0.2) is 9.78 Å². The van der Waals surface area contributed by atoms with Crippen LogP contribution in [0.4, 0.5) is 16.2 Å². The van der Waals surface area contributed by atoms with Gasteiger partial charge < -0.3 is 25.3 Å². The summed E-state index contributed by atoms with van der Waals surface area (Å²) in [5, 5.41) is 8.83. The van der Waals surface area contributed by atoms with E-state index in [0.29, 0.717) is 42.7 Å². The van der Waals surface area contributed by atoms with Crippen molar-refractivity contribution in [1.82, 2.24) is 15.6 Å². The van der Waals surface area contributed by atoms with Gasteiger partial charge in [0.2, 0.25) is 11.8 Å². The van der Waals surface area contributed by atoms with E-state index in [4.69, 9.17) is 16.0 Å². The predicted molar refractivity (Wildman–Crippen MR) is 124 cm³/mol. The second kappa shape index (κ2) is 9.74. The summed E-state index contributed by atoms with van der Waals surface area (Å²) in [4.78, 5) is 30.2. The Labute approximate surface area is 191 Å². The molecule has 4 rings (SSSR count). The van der Waals surface area contributed by atoms with Crippen LogP contribution in [0.5, 0.6) is 0 Å². The van der Waals surface area contributed by atoms with Crippen molar-refractivity contribution >= 4 is 34.9 Å². The number of urea groups is 1. The highest BCUT2D eigenvalue weighted by atomic mass is 35.5. The second-order valence-corrected chi connectivity index (χ2v) is 7.99. The van der Waals surface area contributed by atoms with Gasteiger partial charge in [0.25, 0.3) is 0 Å². The Morgan fingerprint density at radius 1 is 1.25 bits per heavy atom. The van der Waals surface area contributed by atoms with Gasteiger partial charge in [-0.05, 0) is 37.3 Å².